The number of nitrogens with zero attached hydrogens (tertiary/aromatic N) is 1. The van der Waals surface area contributed by atoms with E-state index in [0.29, 0.717) is 5.56 Å². The average Bonchev–Trinajstić information content (AvgIpc) is 2.76. The zero-order valence-electron chi connectivity index (χ0n) is 17.6. The quantitative estimate of drug-likeness (QED) is 0.343. The fourth-order valence-electron chi connectivity index (χ4n) is 2.97. The van der Waals surface area contributed by atoms with Crippen molar-refractivity contribution in [3.05, 3.63) is 83.4 Å². The number of hydrogen-bond acceptors (Lipinski definition) is 4. The van der Waals surface area contributed by atoms with Crippen LogP contribution in [0.25, 0.3) is 0 Å². The van der Waals surface area contributed by atoms with Crippen LogP contribution < -0.4 is 9.04 Å². The Morgan fingerprint density at radius 1 is 1.03 bits per heavy atom. The Morgan fingerprint density at radius 3 is 2.21 bits per heavy atom. The predicted molar refractivity (Wildman–Crippen MR) is 118 cm³/mol. The van der Waals surface area contributed by atoms with Gasteiger partial charge < -0.3 is 9.47 Å². The zero-order valence-corrected chi connectivity index (χ0v) is 18.4. The van der Waals surface area contributed by atoms with E-state index >= 15 is 0 Å². The molecule has 0 saturated carbocycles. The molecule has 0 aromatic heterocycles. The van der Waals surface area contributed by atoms with E-state index in [4.69, 9.17) is 4.74 Å². The summed E-state index contributed by atoms with van der Waals surface area (Å²) in [5, 5.41) is 0. The molecule has 0 radical (unpaired) electrons. The first-order valence-corrected chi connectivity index (χ1v) is 10.7. The molecular formula is C23H20F3NO5S. The fourth-order valence-corrected chi connectivity index (χ4v) is 3.59. The number of hydrogen-bond donors (Lipinski definition) is 1. The standard InChI is InChI=1S/C23H20F3NO5S/c1-15-3-8-18(9-4-15)27(33(29)30)20-14-17(23(24,25)26)7-12-21(20)32-19-10-5-16(6-11-19)13-22(28)31-2/h3-12,14H,13H2,1-2H3,(H,29,30). The molecule has 0 aliphatic rings. The predicted octanol–water partition coefficient (Wildman–Crippen LogP) is 5.80. The molecule has 10 heteroatoms. The highest BCUT2D eigenvalue weighted by Gasteiger charge is 2.33. The lowest BCUT2D eigenvalue weighted by Crippen LogP contribution is -2.20. The molecule has 1 atom stereocenters. The minimum atomic E-state index is -4.67. The number of methoxy groups -OCH3 is 1. The van der Waals surface area contributed by atoms with Crippen LogP contribution in [0, 0.1) is 6.92 Å². The van der Waals surface area contributed by atoms with Crippen LogP contribution in [0.2, 0.25) is 0 Å². The van der Waals surface area contributed by atoms with Gasteiger partial charge in [-0.2, -0.15) is 13.2 Å². The average molecular weight is 479 g/mol. The smallest absolute Gasteiger partial charge is 0.416 e. The minimum Gasteiger partial charge on any atom is -0.469 e. The van der Waals surface area contributed by atoms with Crippen molar-refractivity contribution >= 4 is 28.6 Å². The molecule has 3 aromatic carbocycles. The van der Waals surface area contributed by atoms with Crippen molar-refractivity contribution in [3.63, 3.8) is 0 Å². The molecule has 33 heavy (non-hydrogen) atoms. The van der Waals surface area contributed by atoms with Crippen molar-refractivity contribution in [2.75, 3.05) is 11.4 Å². The first-order chi connectivity index (χ1) is 15.6. The van der Waals surface area contributed by atoms with E-state index < -0.39 is 29.0 Å². The summed E-state index contributed by atoms with van der Waals surface area (Å²) >= 11 is -2.69. The van der Waals surface area contributed by atoms with Crippen LogP contribution in [-0.4, -0.2) is 21.8 Å². The normalized spacial score (nSPS) is 12.2. The van der Waals surface area contributed by atoms with Crippen LogP contribution in [0.15, 0.2) is 66.7 Å². The van der Waals surface area contributed by atoms with Gasteiger partial charge in [-0.1, -0.05) is 29.8 Å². The number of alkyl halides is 3. The van der Waals surface area contributed by atoms with Crippen LogP contribution >= 0.6 is 0 Å². The molecule has 0 amide bonds. The zero-order chi connectivity index (χ0) is 24.2. The molecule has 1 N–H and O–H groups in total. The molecule has 0 aliphatic carbocycles. The molecule has 0 bridgehead atoms. The molecule has 0 heterocycles. The fraction of sp³-hybridized carbons (Fsp3) is 0.174. The van der Waals surface area contributed by atoms with Gasteiger partial charge in [0, 0.05) is 0 Å². The van der Waals surface area contributed by atoms with Crippen LogP contribution in [0.1, 0.15) is 16.7 Å². The van der Waals surface area contributed by atoms with Gasteiger partial charge in [0.05, 0.1) is 24.8 Å². The summed E-state index contributed by atoms with van der Waals surface area (Å²) in [4.78, 5) is 11.4. The number of carbonyl (C=O) groups is 1. The van der Waals surface area contributed by atoms with Crippen LogP contribution in [0.4, 0.5) is 24.5 Å². The maximum atomic E-state index is 13.4. The second-order valence-electron chi connectivity index (χ2n) is 7.04. The highest BCUT2D eigenvalue weighted by Crippen LogP contribution is 2.41. The van der Waals surface area contributed by atoms with Crippen molar-refractivity contribution < 1.29 is 36.2 Å². The van der Waals surface area contributed by atoms with Crippen molar-refractivity contribution in [1.29, 1.82) is 0 Å². The molecule has 0 aliphatic heterocycles. The first kappa shape index (κ1) is 24.3. The Morgan fingerprint density at radius 2 is 1.67 bits per heavy atom. The number of halogens is 3. The number of aryl methyl sites for hydroxylation is 1. The lowest BCUT2D eigenvalue weighted by Gasteiger charge is -2.24. The molecule has 174 valence electrons. The molecule has 0 saturated heterocycles. The molecular weight excluding hydrogens is 459 g/mol. The summed E-state index contributed by atoms with van der Waals surface area (Å²) in [6.45, 7) is 1.81. The Balaban J connectivity index is 2.03. The molecule has 6 nitrogen and oxygen atoms in total. The van der Waals surface area contributed by atoms with Crippen LogP contribution in [0.3, 0.4) is 0 Å². The third kappa shape index (κ3) is 6.11. The highest BCUT2D eigenvalue weighted by atomic mass is 32.2. The van der Waals surface area contributed by atoms with Gasteiger partial charge in [-0.25, -0.2) is 8.51 Å². The highest BCUT2D eigenvalue weighted by molar-refractivity contribution is 7.81. The van der Waals surface area contributed by atoms with Gasteiger partial charge in [-0.3, -0.25) is 9.35 Å². The van der Waals surface area contributed by atoms with Gasteiger partial charge in [0.15, 0.2) is 5.75 Å². The second-order valence-corrected chi connectivity index (χ2v) is 7.87. The first-order valence-electron chi connectivity index (χ1n) is 9.61. The Hall–Kier alpha value is -3.37. The summed E-state index contributed by atoms with van der Waals surface area (Å²) in [7, 11) is 1.27. The number of ether oxygens (including phenoxy) is 2. The SMILES string of the molecule is COC(=O)Cc1ccc(Oc2ccc(C(F)(F)F)cc2N(c2ccc(C)cc2)S(=O)O)cc1. The maximum absolute atomic E-state index is 13.4. The Kier molecular flexibility index (Phi) is 7.39. The number of esters is 1. The van der Waals surface area contributed by atoms with E-state index in [1.165, 1.54) is 31.4 Å². The number of rotatable bonds is 7. The summed E-state index contributed by atoms with van der Waals surface area (Å²) in [5.74, 6) is -0.225. The number of anilines is 2. The van der Waals surface area contributed by atoms with Crippen molar-refractivity contribution in [1.82, 2.24) is 0 Å². The third-order valence-electron chi connectivity index (χ3n) is 4.66. The Labute approximate surface area is 191 Å². The van der Waals surface area contributed by atoms with Crippen molar-refractivity contribution in [2.24, 2.45) is 0 Å². The molecule has 0 fully saturated rings. The van der Waals surface area contributed by atoms with Gasteiger partial charge in [0.1, 0.15) is 11.4 Å². The Bertz CT molecular complexity index is 1150. The van der Waals surface area contributed by atoms with Crippen molar-refractivity contribution in [2.45, 2.75) is 19.5 Å². The van der Waals surface area contributed by atoms with E-state index in [1.807, 2.05) is 6.92 Å². The molecule has 1 unspecified atom stereocenters. The number of benzene rings is 3. The molecule has 3 aromatic rings. The van der Waals surface area contributed by atoms with Crippen LogP contribution in [-0.2, 0) is 33.4 Å². The van der Waals surface area contributed by atoms with Gasteiger partial charge in [0.25, 0.3) is 11.3 Å². The monoisotopic (exact) mass is 479 g/mol. The minimum absolute atomic E-state index is 0.0486. The number of carbonyl (C=O) groups excluding carboxylic acids is 1. The van der Waals surface area contributed by atoms with E-state index in [2.05, 4.69) is 4.74 Å². The van der Waals surface area contributed by atoms with E-state index in [1.54, 1.807) is 24.3 Å². The third-order valence-corrected chi connectivity index (χ3v) is 5.38. The van der Waals surface area contributed by atoms with E-state index in [0.717, 1.165) is 28.1 Å². The summed E-state index contributed by atoms with van der Waals surface area (Å²) in [5.41, 5.74) is 0.489. The van der Waals surface area contributed by atoms with E-state index in [9.17, 15) is 26.7 Å². The summed E-state index contributed by atoms with van der Waals surface area (Å²) in [6.07, 6.45) is -4.62. The van der Waals surface area contributed by atoms with Crippen LogP contribution in [0.5, 0.6) is 11.5 Å². The van der Waals surface area contributed by atoms with Gasteiger partial charge in [-0.15, -0.1) is 0 Å². The van der Waals surface area contributed by atoms with Gasteiger partial charge in [0.2, 0.25) is 0 Å². The topological polar surface area (TPSA) is 76.1 Å². The molecule has 3 rings (SSSR count). The van der Waals surface area contributed by atoms with Gasteiger partial charge >= 0.3 is 12.1 Å². The summed E-state index contributed by atoms with van der Waals surface area (Å²) < 4.78 is 73.5. The molecule has 0 spiro atoms. The van der Waals surface area contributed by atoms with E-state index in [-0.39, 0.29) is 29.3 Å². The maximum Gasteiger partial charge on any atom is 0.416 e. The summed E-state index contributed by atoms with van der Waals surface area (Å²) in [6, 6.07) is 15.4. The lowest BCUT2D eigenvalue weighted by molar-refractivity contribution is -0.140. The van der Waals surface area contributed by atoms with Crippen molar-refractivity contribution in [3.8, 4) is 11.5 Å². The largest absolute Gasteiger partial charge is 0.469 e. The van der Waals surface area contributed by atoms with Gasteiger partial charge in [-0.05, 0) is 55.0 Å². The lowest BCUT2D eigenvalue weighted by atomic mass is 10.1. The second kappa shape index (κ2) is 10.1.